The van der Waals surface area contributed by atoms with Gasteiger partial charge >= 0.3 is 0 Å². The van der Waals surface area contributed by atoms with E-state index >= 15 is 0 Å². The third-order valence-corrected chi connectivity index (χ3v) is 5.97. The van der Waals surface area contributed by atoms with Gasteiger partial charge in [0.15, 0.2) is 5.65 Å². The average Bonchev–Trinajstić information content (AvgIpc) is 2.96. The van der Waals surface area contributed by atoms with E-state index in [9.17, 15) is 8.42 Å². The lowest BCUT2D eigenvalue weighted by atomic mass is 10.0. The van der Waals surface area contributed by atoms with E-state index in [2.05, 4.69) is 32.0 Å². The number of fused-ring (bicyclic) bond motifs is 2. The van der Waals surface area contributed by atoms with Gasteiger partial charge in [0.05, 0.1) is 6.26 Å². The van der Waals surface area contributed by atoms with E-state index in [0.29, 0.717) is 13.1 Å². The Morgan fingerprint density at radius 1 is 1.17 bits per heavy atom. The molecular weight excluding hydrogens is 392 g/mol. The van der Waals surface area contributed by atoms with Gasteiger partial charge in [-0.25, -0.2) is 18.4 Å². The van der Waals surface area contributed by atoms with Crippen molar-refractivity contribution in [3.05, 3.63) is 52.4 Å². The summed E-state index contributed by atoms with van der Waals surface area (Å²) >= 11 is 3.39. The van der Waals surface area contributed by atoms with Crippen molar-refractivity contribution in [1.29, 1.82) is 0 Å². The molecule has 3 heterocycles. The summed E-state index contributed by atoms with van der Waals surface area (Å²) in [7, 11) is -3.18. The smallest absolute Gasteiger partial charge is 0.211 e. The first-order valence-corrected chi connectivity index (χ1v) is 10.1. The van der Waals surface area contributed by atoms with E-state index < -0.39 is 10.0 Å². The summed E-state index contributed by atoms with van der Waals surface area (Å²) in [5.41, 5.74) is 4.73. The molecule has 0 spiro atoms. The molecule has 0 saturated carbocycles. The van der Waals surface area contributed by atoms with Gasteiger partial charge in [-0.15, -0.1) is 0 Å². The van der Waals surface area contributed by atoms with Crippen LogP contribution < -0.4 is 0 Å². The first-order chi connectivity index (χ1) is 11.4. The van der Waals surface area contributed by atoms with Crippen molar-refractivity contribution in [2.75, 3.05) is 12.8 Å². The second-order valence-electron chi connectivity index (χ2n) is 5.89. The summed E-state index contributed by atoms with van der Waals surface area (Å²) in [4.78, 5) is 8.86. The maximum Gasteiger partial charge on any atom is 0.211 e. The minimum Gasteiger partial charge on any atom is -0.283 e. The zero-order valence-electron chi connectivity index (χ0n) is 13.0. The van der Waals surface area contributed by atoms with Crippen molar-refractivity contribution < 1.29 is 8.42 Å². The standard InChI is InChI=1S/C16H15BrN4O2S/c1-24(22,23)20-7-6-11-2-3-13(8-12(11)9-20)21-10-18-14-4-5-15(17)19-16(14)21/h2-5,8,10H,6-7,9H2,1H3. The number of pyridine rings is 1. The molecule has 24 heavy (non-hydrogen) atoms. The highest BCUT2D eigenvalue weighted by Crippen LogP contribution is 2.25. The van der Waals surface area contributed by atoms with Gasteiger partial charge in [0, 0.05) is 18.8 Å². The molecule has 124 valence electrons. The summed E-state index contributed by atoms with van der Waals surface area (Å²) in [5.74, 6) is 0. The first-order valence-electron chi connectivity index (χ1n) is 7.49. The van der Waals surface area contributed by atoms with Crippen LogP contribution in [0.25, 0.3) is 16.9 Å². The molecule has 6 nitrogen and oxygen atoms in total. The quantitative estimate of drug-likeness (QED) is 0.613. The van der Waals surface area contributed by atoms with Crippen LogP contribution in [0.2, 0.25) is 0 Å². The van der Waals surface area contributed by atoms with Gasteiger partial charge in [-0.05, 0) is 57.7 Å². The van der Waals surface area contributed by atoms with E-state index in [0.717, 1.165) is 33.4 Å². The highest BCUT2D eigenvalue weighted by molar-refractivity contribution is 9.10. The van der Waals surface area contributed by atoms with E-state index in [-0.39, 0.29) is 0 Å². The van der Waals surface area contributed by atoms with Crippen LogP contribution in [0.5, 0.6) is 0 Å². The Kier molecular flexibility index (Phi) is 3.70. The lowest BCUT2D eigenvalue weighted by molar-refractivity contribution is 0.395. The molecule has 2 aromatic heterocycles. The monoisotopic (exact) mass is 406 g/mol. The first kappa shape index (κ1) is 15.7. The largest absolute Gasteiger partial charge is 0.283 e. The van der Waals surface area contributed by atoms with Gasteiger partial charge in [0.1, 0.15) is 16.4 Å². The van der Waals surface area contributed by atoms with Crippen LogP contribution in [0.1, 0.15) is 11.1 Å². The van der Waals surface area contributed by atoms with Crippen molar-refractivity contribution in [1.82, 2.24) is 18.8 Å². The molecule has 0 atom stereocenters. The van der Waals surface area contributed by atoms with Gasteiger partial charge < -0.3 is 0 Å². The number of hydrogen-bond acceptors (Lipinski definition) is 4. The Morgan fingerprint density at radius 3 is 2.79 bits per heavy atom. The molecule has 3 aromatic rings. The number of rotatable bonds is 2. The lowest BCUT2D eigenvalue weighted by Gasteiger charge is -2.27. The van der Waals surface area contributed by atoms with Gasteiger partial charge in [0.25, 0.3) is 0 Å². The predicted octanol–water partition coefficient (Wildman–Crippen LogP) is 2.50. The second-order valence-corrected chi connectivity index (χ2v) is 8.69. The number of hydrogen-bond donors (Lipinski definition) is 0. The maximum absolute atomic E-state index is 11.8. The fourth-order valence-corrected chi connectivity index (χ4v) is 4.11. The Bertz CT molecular complexity index is 1050. The number of nitrogens with zero attached hydrogens (tertiary/aromatic N) is 4. The summed E-state index contributed by atoms with van der Waals surface area (Å²) in [6.07, 6.45) is 3.73. The van der Waals surface area contributed by atoms with E-state index in [1.807, 2.05) is 28.8 Å². The van der Waals surface area contributed by atoms with E-state index in [1.54, 1.807) is 6.33 Å². The molecule has 0 N–H and O–H groups in total. The van der Waals surface area contributed by atoms with Crippen LogP contribution in [0.15, 0.2) is 41.3 Å². The summed E-state index contributed by atoms with van der Waals surface area (Å²) in [6.45, 7) is 0.944. The number of imidazole rings is 1. The third kappa shape index (κ3) is 2.74. The molecule has 1 aromatic carbocycles. The van der Waals surface area contributed by atoms with E-state index in [1.165, 1.54) is 16.1 Å². The van der Waals surface area contributed by atoms with Gasteiger partial charge in [-0.3, -0.25) is 4.57 Å². The average molecular weight is 407 g/mol. The fourth-order valence-electron chi connectivity index (χ4n) is 3.01. The number of benzene rings is 1. The van der Waals surface area contributed by atoms with Crippen LogP contribution in [-0.2, 0) is 23.0 Å². The summed E-state index contributed by atoms with van der Waals surface area (Å²) in [6, 6.07) is 9.88. The van der Waals surface area contributed by atoms with Gasteiger partial charge in [-0.2, -0.15) is 4.31 Å². The minimum atomic E-state index is -3.18. The molecule has 1 aliphatic rings. The molecule has 8 heteroatoms. The number of sulfonamides is 1. The molecule has 0 amide bonds. The van der Waals surface area contributed by atoms with Crippen LogP contribution in [-0.4, -0.2) is 40.1 Å². The molecule has 0 unspecified atom stereocenters. The fraction of sp³-hybridized carbons (Fsp3) is 0.250. The van der Waals surface area contributed by atoms with Crippen molar-refractivity contribution in [3.8, 4) is 5.69 Å². The topological polar surface area (TPSA) is 68.1 Å². The Morgan fingerprint density at radius 2 is 2.00 bits per heavy atom. The normalized spacial score (nSPS) is 15.6. The van der Waals surface area contributed by atoms with Crippen LogP contribution in [0, 0.1) is 0 Å². The SMILES string of the molecule is CS(=O)(=O)N1CCc2ccc(-n3cnc4ccc(Br)nc43)cc2C1. The third-order valence-electron chi connectivity index (χ3n) is 4.28. The summed E-state index contributed by atoms with van der Waals surface area (Å²) in [5, 5.41) is 0. The van der Waals surface area contributed by atoms with Crippen molar-refractivity contribution in [3.63, 3.8) is 0 Å². The predicted molar refractivity (Wildman–Crippen MR) is 95.5 cm³/mol. The number of halogens is 1. The lowest BCUT2D eigenvalue weighted by Crippen LogP contribution is -2.35. The second kappa shape index (κ2) is 5.65. The zero-order valence-corrected chi connectivity index (χ0v) is 15.4. The molecule has 1 aliphatic heterocycles. The van der Waals surface area contributed by atoms with Crippen molar-refractivity contribution >= 4 is 37.1 Å². The molecule has 0 bridgehead atoms. The molecular formula is C16H15BrN4O2S. The molecule has 0 fully saturated rings. The van der Waals surface area contributed by atoms with Crippen molar-refractivity contribution in [2.45, 2.75) is 13.0 Å². The highest BCUT2D eigenvalue weighted by atomic mass is 79.9. The molecule has 0 saturated heterocycles. The maximum atomic E-state index is 11.8. The van der Waals surface area contributed by atoms with Gasteiger partial charge in [0.2, 0.25) is 10.0 Å². The van der Waals surface area contributed by atoms with Crippen molar-refractivity contribution in [2.24, 2.45) is 0 Å². The zero-order chi connectivity index (χ0) is 16.9. The Hall–Kier alpha value is -1.77. The Labute approximate surface area is 148 Å². The van der Waals surface area contributed by atoms with Crippen LogP contribution in [0.3, 0.4) is 0 Å². The van der Waals surface area contributed by atoms with Crippen LogP contribution >= 0.6 is 15.9 Å². The van der Waals surface area contributed by atoms with E-state index in [4.69, 9.17) is 0 Å². The Balaban J connectivity index is 1.79. The minimum absolute atomic E-state index is 0.408. The number of aromatic nitrogens is 3. The molecule has 4 rings (SSSR count). The van der Waals surface area contributed by atoms with Crippen LogP contribution in [0.4, 0.5) is 0 Å². The van der Waals surface area contributed by atoms with Gasteiger partial charge in [-0.1, -0.05) is 6.07 Å². The summed E-state index contributed by atoms with van der Waals surface area (Å²) < 4.78 is 27.8. The highest BCUT2D eigenvalue weighted by Gasteiger charge is 2.23. The molecule has 0 aliphatic carbocycles. The molecule has 0 radical (unpaired) electrons.